The maximum Gasteiger partial charge on any atom is 0.128 e. The van der Waals surface area contributed by atoms with Crippen LogP contribution in [0.4, 0.5) is 0 Å². The fourth-order valence-corrected chi connectivity index (χ4v) is 1.91. The van der Waals surface area contributed by atoms with E-state index in [4.69, 9.17) is 0 Å². The molecule has 0 bridgehead atoms. The highest BCUT2D eigenvalue weighted by molar-refractivity contribution is 5.30. The Morgan fingerprint density at radius 3 is 2.56 bits per heavy atom. The van der Waals surface area contributed by atoms with Crippen LogP contribution >= 0.6 is 0 Å². The Balaban J connectivity index is 2.47. The van der Waals surface area contributed by atoms with Gasteiger partial charge in [0.1, 0.15) is 5.60 Å². The van der Waals surface area contributed by atoms with Gasteiger partial charge >= 0.3 is 0 Å². The van der Waals surface area contributed by atoms with Gasteiger partial charge in [-0.2, -0.15) is 5.10 Å². The molecule has 16 heavy (non-hydrogen) atoms. The number of aromatic nitrogens is 2. The van der Waals surface area contributed by atoms with Crippen molar-refractivity contribution >= 4 is 0 Å². The zero-order valence-corrected chi connectivity index (χ0v) is 9.59. The van der Waals surface area contributed by atoms with Crippen LogP contribution in [0.3, 0.4) is 0 Å². The smallest absolute Gasteiger partial charge is 0.128 e. The van der Waals surface area contributed by atoms with E-state index in [1.54, 1.807) is 13.1 Å². The molecule has 0 spiro atoms. The predicted octanol–water partition coefficient (Wildman–Crippen LogP) is 2.16. The van der Waals surface area contributed by atoms with Crippen molar-refractivity contribution < 1.29 is 5.11 Å². The average molecular weight is 216 g/mol. The molecule has 0 radical (unpaired) electrons. The van der Waals surface area contributed by atoms with E-state index in [1.807, 2.05) is 48.0 Å². The van der Waals surface area contributed by atoms with E-state index < -0.39 is 5.60 Å². The van der Waals surface area contributed by atoms with Crippen molar-refractivity contribution in [2.24, 2.45) is 0 Å². The number of hydrogen-bond acceptors (Lipinski definition) is 2. The zero-order chi connectivity index (χ0) is 11.6. The molecule has 1 atom stereocenters. The SMILES string of the molecule is CCn1nccc1C(C)(O)c1ccccc1. The molecule has 0 aliphatic rings. The Morgan fingerprint density at radius 2 is 1.94 bits per heavy atom. The number of benzene rings is 1. The van der Waals surface area contributed by atoms with E-state index in [9.17, 15) is 5.11 Å². The fourth-order valence-electron chi connectivity index (χ4n) is 1.91. The van der Waals surface area contributed by atoms with Crippen molar-refractivity contribution in [3.63, 3.8) is 0 Å². The van der Waals surface area contributed by atoms with Gasteiger partial charge in [0.2, 0.25) is 0 Å². The molecule has 84 valence electrons. The van der Waals surface area contributed by atoms with Crippen LogP contribution in [0.15, 0.2) is 42.6 Å². The Kier molecular flexibility index (Phi) is 2.79. The van der Waals surface area contributed by atoms with Crippen LogP contribution in [-0.4, -0.2) is 14.9 Å². The van der Waals surface area contributed by atoms with Crippen LogP contribution in [-0.2, 0) is 12.1 Å². The van der Waals surface area contributed by atoms with Crippen LogP contribution in [0.5, 0.6) is 0 Å². The molecule has 0 aliphatic carbocycles. The second-order valence-corrected chi connectivity index (χ2v) is 3.97. The minimum Gasteiger partial charge on any atom is -0.379 e. The van der Waals surface area contributed by atoms with Gasteiger partial charge in [0.05, 0.1) is 5.69 Å². The van der Waals surface area contributed by atoms with Gasteiger partial charge in [-0.05, 0) is 25.5 Å². The molecule has 0 saturated heterocycles. The van der Waals surface area contributed by atoms with E-state index in [2.05, 4.69) is 5.10 Å². The van der Waals surface area contributed by atoms with Gasteiger partial charge in [0.15, 0.2) is 0 Å². The molecule has 1 heterocycles. The third kappa shape index (κ3) is 1.74. The largest absolute Gasteiger partial charge is 0.379 e. The lowest BCUT2D eigenvalue weighted by Gasteiger charge is -2.24. The maximum absolute atomic E-state index is 10.6. The molecule has 0 saturated carbocycles. The first-order chi connectivity index (χ1) is 7.66. The summed E-state index contributed by atoms with van der Waals surface area (Å²) < 4.78 is 1.81. The van der Waals surface area contributed by atoms with Gasteiger partial charge in [-0.1, -0.05) is 30.3 Å². The summed E-state index contributed by atoms with van der Waals surface area (Å²) in [6.07, 6.45) is 1.72. The van der Waals surface area contributed by atoms with Crippen molar-refractivity contribution in [1.82, 2.24) is 9.78 Å². The van der Waals surface area contributed by atoms with Crippen molar-refractivity contribution in [2.45, 2.75) is 26.0 Å². The normalized spacial score (nSPS) is 14.7. The third-order valence-electron chi connectivity index (χ3n) is 2.85. The molecule has 1 unspecified atom stereocenters. The van der Waals surface area contributed by atoms with Gasteiger partial charge in [-0.25, -0.2) is 0 Å². The molecule has 3 heteroatoms. The van der Waals surface area contributed by atoms with Crippen LogP contribution in [0.2, 0.25) is 0 Å². The Hall–Kier alpha value is -1.61. The Bertz CT molecular complexity index is 460. The quantitative estimate of drug-likeness (QED) is 0.853. The van der Waals surface area contributed by atoms with Gasteiger partial charge < -0.3 is 5.11 Å². The molecule has 1 aromatic carbocycles. The summed E-state index contributed by atoms with van der Waals surface area (Å²) in [6, 6.07) is 11.5. The molecular formula is C13H16N2O. The van der Waals surface area contributed by atoms with Crippen molar-refractivity contribution in [2.75, 3.05) is 0 Å². The Labute approximate surface area is 95.3 Å². The van der Waals surface area contributed by atoms with E-state index in [1.165, 1.54) is 0 Å². The van der Waals surface area contributed by atoms with Crippen molar-refractivity contribution in [3.8, 4) is 0 Å². The van der Waals surface area contributed by atoms with Crippen molar-refractivity contribution in [1.29, 1.82) is 0 Å². The summed E-state index contributed by atoms with van der Waals surface area (Å²) in [7, 11) is 0. The van der Waals surface area contributed by atoms with E-state index in [-0.39, 0.29) is 0 Å². The summed E-state index contributed by atoms with van der Waals surface area (Å²) in [6.45, 7) is 4.56. The zero-order valence-electron chi connectivity index (χ0n) is 9.59. The number of nitrogens with zero attached hydrogens (tertiary/aromatic N) is 2. The second kappa shape index (κ2) is 4.10. The van der Waals surface area contributed by atoms with E-state index in [0.29, 0.717) is 0 Å². The number of hydrogen-bond donors (Lipinski definition) is 1. The molecular weight excluding hydrogens is 200 g/mol. The summed E-state index contributed by atoms with van der Waals surface area (Å²) in [5, 5.41) is 14.8. The molecule has 0 fully saturated rings. The topological polar surface area (TPSA) is 38.0 Å². The first kappa shape index (κ1) is 10.9. The highest BCUT2D eigenvalue weighted by atomic mass is 16.3. The first-order valence-corrected chi connectivity index (χ1v) is 5.46. The highest BCUT2D eigenvalue weighted by Gasteiger charge is 2.28. The van der Waals surface area contributed by atoms with E-state index in [0.717, 1.165) is 17.8 Å². The standard InChI is InChI=1S/C13H16N2O/c1-3-15-12(9-10-14-15)13(2,16)11-7-5-4-6-8-11/h4-10,16H,3H2,1-2H3. The van der Waals surface area contributed by atoms with Gasteiger partial charge in [0, 0.05) is 12.7 Å². The van der Waals surface area contributed by atoms with Crippen molar-refractivity contribution in [3.05, 3.63) is 53.9 Å². The lowest BCUT2D eigenvalue weighted by Crippen LogP contribution is -2.26. The van der Waals surface area contributed by atoms with Gasteiger partial charge in [-0.3, -0.25) is 4.68 Å². The van der Waals surface area contributed by atoms with Gasteiger partial charge in [0.25, 0.3) is 0 Å². The summed E-state index contributed by atoms with van der Waals surface area (Å²) in [5.74, 6) is 0. The van der Waals surface area contributed by atoms with Crippen LogP contribution in [0.25, 0.3) is 0 Å². The Morgan fingerprint density at radius 1 is 1.25 bits per heavy atom. The lowest BCUT2D eigenvalue weighted by molar-refractivity contribution is 0.0918. The summed E-state index contributed by atoms with van der Waals surface area (Å²) >= 11 is 0. The minimum atomic E-state index is -0.992. The first-order valence-electron chi connectivity index (χ1n) is 5.46. The fraction of sp³-hybridized carbons (Fsp3) is 0.308. The molecule has 1 aromatic heterocycles. The molecule has 0 aliphatic heterocycles. The average Bonchev–Trinajstić information content (AvgIpc) is 2.79. The second-order valence-electron chi connectivity index (χ2n) is 3.97. The van der Waals surface area contributed by atoms with Crippen LogP contribution < -0.4 is 0 Å². The monoisotopic (exact) mass is 216 g/mol. The summed E-state index contributed by atoms with van der Waals surface area (Å²) in [5.41, 5.74) is 0.708. The molecule has 2 aromatic rings. The maximum atomic E-state index is 10.6. The summed E-state index contributed by atoms with van der Waals surface area (Å²) in [4.78, 5) is 0. The van der Waals surface area contributed by atoms with Crippen LogP contribution in [0.1, 0.15) is 25.1 Å². The van der Waals surface area contributed by atoms with Gasteiger partial charge in [-0.15, -0.1) is 0 Å². The predicted molar refractivity (Wildman–Crippen MR) is 63.0 cm³/mol. The molecule has 1 N–H and O–H groups in total. The van der Waals surface area contributed by atoms with E-state index >= 15 is 0 Å². The molecule has 0 amide bonds. The number of aliphatic hydroxyl groups is 1. The minimum absolute atomic E-state index is 0.755. The number of aryl methyl sites for hydroxylation is 1. The van der Waals surface area contributed by atoms with Crippen LogP contribution in [0, 0.1) is 0 Å². The lowest BCUT2D eigenvalue weighted by atomic mass is 9.92. The molecule has 3 nitrogen and oxygen atoms in total. The highest BCUT2D eigenvalue weighted by Crippen LogP contribution is 2.28. The number of rotatable bonds is 3. The molecule has 2 rings (SSSR count). The third-order valence-corrected chi connectivity index (χ3v) is 2.85.